The van der Waals surface area contributed by atoms with Crippen LogP contribution in [-0.4, -0.2) is 44.3 Å². The van der Waals surface area contributed by atoms with Crippen molar-refractivity contribution < 1.29 is 18.0 Å². The largest absolute Gasteiger partial charge is 0.354 e. The van der Waals surface area contributed by atoms with E-state index in [-0.39, 0.29) is 17.3 Å². The van der Waals surface area contributed by atoms with Crippen molar-refractivity contribution in [3.63, 3.8) is 0 Å². The molecule has 40 heavy (non-hydrogen) atoms. The van der Waals surface area contributed by atoms with Crippen LogP contribution in [0.2, 0.25) is 10.0 Å². The number of hydrogen-bond donors (Lipinski definition) is 1. The van der Waals surface area contributed by atoms with Crippen LogP contribution in [-0.2, 0) is 26.2 Å². The van der Waals surface area contributed by atoms with Crippen molar-refractivity contribution in [2.24, 2.45) is 0 Å². The van der Waals surface area contributed by atoms with Gasteiger partial charge in [-0.15, -0.1) is 0 Å². The Morgan fingerprint density at radius 2 is 1.55 bits per heavy atom. The number of hydrogen-bond acceptors (Lipinski definition) is 4. The van der Waals surface area contributed by atoms with Gasteiger partial charge in [0.05, 0.1) is 10.6 Å². The summed E-state index contributed by atoms with van der Waals surface area (Å²) < 4.78 is 29.6. The highest BCUT2D eigenvalue weighted by Gasteiger charge is 2.34. The zero-order valence-corrected chi connectivity index (χ0v) is 26.4. The normalized spacial score (nSPS) is 12.1. The topological polar surface area (TPSA) is 86.8 Å². The highest BCUT2D eigenvalue weighted by Crippen LogP contribution is 2.29. The van der Waals surface area contributed by atoms with E-state index in [2.05, 4.69) is 21.2 Å². The van der Waals surface area contributed by atoms with Gasteiger partial charge in [0.1, 0.15) is 12.6 Å². The first-order valence-electron chi connectivity index (χ1n) is 12.8. The number of nitrogens with one attached hydrogen (secondary N) is 1. The van der Waals surface area contributed by atoms with Crippen molar-refractivity contribution in [3.05, 3.63) is 92.4 Å². The average molecular weight is 669 g/mol. The lowest BCUT2D eigenvalue weighted by Crippen LogP contribution is -2.52. The van der Waals surface area contributed by atoms with Gasteiger partial charge in [0.25, 0.3) is 10.0 Å². The maximum Gasteiger partial charge on any atom is 0.264 e. The lowest BCUT2D eigenvalue weighted by atomic mass is 10.1. The minimum Gasteiger partial charge on any atom is -0.354 e. The smallest absolute Gasteiger partial charge is 0.264 e. The van der Waals surface area contributed by atoms with Gasteiger partial charge in [-0.25, -0.2) is 8.42 Å². The van der Waals surface area contributed by atoms with Crippen molar-refractivity contribution in [1.82, 2.24) is 10.2 Å². The van der Waals surface area contributed by atoms with E-state index in [1.54, 1.807) is 61.5 Å². The van der Waals surface area contributed by atoms with Gasteiger partial charge in [-0.3, -0.25) is 13.9 Å². The fraction of sp³-hybridized carbons (Fsp3) is 0.310. The van der Waals surface area contributed by atoms with Crippen molar-refractivity contribution in [2.75, 3.05) is 17.4 Å². The second kappa shape index (κ2) is 14.3. The van der Waals surface area contributed by atoms with E-state index in [4.69, 9.17) is 23.2 Å². The Kier molecular flexibility index (Phi) is 11.5. The fourth-order valence-electron chi connectivity index (χ4n) is 4.11. The molecule has 0 spiro atoms. The third-order valence-corrected chi connectivity index (χ3v) is 9.35. The van der Waals surface area contributed by atoms with E-state index < -0.39 is 28.5 Å². The number of sulfonamides is 1. The number of anilines is 1. The van der Waals surface area contributed by atoms with Gasteiger partial charge < -0.3 is 10.2 Å². The Hall–Kier alpha value is -2.59. The molecule has 7 nitrogen and oxygen atoms in total. The summed E-state index contributed by atoms with van der Waals surface area (Å²) in [5.74, 6) is -0.912. The van der Waals surface area contributed by atoms with Crippen molar-refractivity contribution >= 4 is 66.7 Å². The first kappa shape index (κ1) is 31.9. The molecule has 1 atom stereocenters. The Morgan fingerprint density at radius 3 is 2.10 bits per heavy atom. The molecule has 2 amide bonds. The Morgan fingerprint density at radius 1 is 0.950 bits per heavy atom. The Balaban J connectivity index is 2.08. The van der Waals surface area contributed by atoms with E-state index in [0.29, 0.717) is 34.3 Å². The second-order valence-electron chi connectivity index (χ2n) is 9.24. The summed E-state index contributed by atoms with van der Waals surface area (Å²) in [6.07, 6.45) is 1.02. The third-order valence-electron chi connectivity index (χ3n) is 6.33. The highest BCUT2D eigenvalue weighted by molar-refractivity contribution is 9.10. The van der Waals surface area contributed by atoms with E-state index in [9.17, 15) is 18.0 Å². The molecule has 0 bridgehead atoms. The Labute approximate surface area is 254 Å². The summed E-state index contributed by atoms with van der Waals surface area (Å²) in [7, 11) is -4.15. The molecule has 0 aliphatic rings. The number of benzene rings is 3. The molecular formula is C29H32BrCl2N3O4S. The molecule has 0 saturated heterocycles. The van der Waals surface area contributed by atoms with Crippen molar-refractivity contribution in [1.29, 1.82) is 0 Å². The quantitative estimate of drug-likeness (QED) is 0.236. The maximum absolute atomic E-state index is 14.1. The van der Waals surface area contributed by atoms with Gasteiger partial charge in [0, 0.05) is 33.2 Å². The molecule has 0 radical (unpaired) electrons. The summed E-state index contributed by atoms with van der Waals surface area (Å²) in [5, 5.41) is 3.53. The third kappa shape index (κ3) is 7.78. The van der Waals surface area contributed by atoms with E-state index in [1.165, 1.54) is 17.0 Å². The molecule has 0 aliphatic carbocycles. The van der Waals surface area contributed by atoms with E-state index >= 15 is 0 Å². The van der Waals surface area contributed by atoms with Crippen LogP contribution in [0.25, 0.3) is 0 Å². The molecule has 214 valence electrons. The maximum atomic E-state index is 14.1. The zero-order valence-electron chi connectivity index (χ0n) is 22.5. The summed E-state index contributed by atoms with van der Waals surface area (Å²) in [4.78, 5) is 28.7. The standard InChI is InChI=1S/C29H32BrCl2N3O4S/c1-4-17-33-29(37)27(5-2)34(18-24-25(31)7-6-8-26(24)32)28(36)19-35(22-13-11-21(30)12-14-22)40(38,39)23-15-9-20(3)10-16-23/h6-16,27H,4-5,17-19H2,1-3H3,(H,33,37)/t27-/m1/s1. The lowest BCUT2D eigenvalue weighted by molar-refractivity contribution is -0.140. The molecule has 1 N–H and O–H groups in total. The molecule has 3 aromatic carbocycles. The van der Waals surface area contributed by atoms with Crippen LogP contribution in [0.4, 0.5) is 5.69 Å². The predicted octanol–water partition coefficient (Wildman–Crippen LogP) is 6.59. The molecule has 0 unspecified atom stereocenters. The van der Waals surface area contributed by atoms with Gasteiger partial charge in [0.2, 0.25) is 11.8 Å². The van der Waals surface area contributed by atoms with E-state index in [0.717, 1.165) is 20.8 Å². The SMILES string of the molecule is CCCNC(=O)[C@@H](CC)N(Cc1c(Cl)cccc1Cl)C(=O)CN(c1ccc(Br)cc1)S(=O)(=O)c1ccc(C)cc1. The molecule has 11 heteroatoms. The number of carbonyl (C=O) groups is 2. The average Bonchev–Trinajstić information content (AvgIpc) is 2.92. The van der Waals surface area contributed by atoms with Crippen molar-refractivity contribution in [3.8, 4) is 0 Å². The number of halogens is 3. The van der Waals surface area contributed by atoms with Crippen molar-refractivity contribution in [2.45, 2.75) is 51.1 Å². The predicted molar refractivity (Wildman–Crippen MR) is 164 cm³/mol. The molecule has 0 saturated carbocycles. The number of nitrogens with zero attached hydrogens (tertiary/aromatic N) is 2. The van der Waals surface area contributed by atoms with Gasteiger partial charge in [0.15, 0.2) is 0 Å². The van der Waals surface area contributed by atoms with Crippen LogP contribution in [0, 0.1) is 6.92 Å². The summed E-state index contributed by atoms with van der Waals surface area (Å²) >= 11 is 16.2. The number of aryl methyl sites for hydroxylation is 1. The molecule has 0 heterocycles. The zero-order chi connectivity index (χ0) is 29.4. The first-order chi connectivity index (χ1) is 19.0. The van der Waals surface area contributed by atoms with Crippen LogP contribution in [0.5, 0.6) is 0 Å². The second-order valence-corrected chi connectivity index (χ2v) is 12.8. The molecule has 0 aromatic heterocycles. The molecular weight excluding hydrogens is 637 g/mol. The summed E-state index contributed by atoms with van der Waals surface area (Å²) in [6.45, 7) is 5.40. The molecule has 3 rings (SSSR count). The van der Waals surface area contributed by atoms with Gasteiger partial charge in [-0.1, -0.05) is 76.7 Å². The highest BCUT2D eigenvalue weighted by atomic mass is 79.9. The van der Waals surface area contributed by atoms with Crippen LogP contribution in [0.3, 0.4) is 0 Å². The minimum atomic E-state index is -4.15. The van der Waals surface area contributed by atoms with Crippen LogP contribution >= 0.6 is 39.1 Å². The van der Waals surface area contributed by atoms with Crippen LogP contribution in [0.15, 0.2) is 76.1 Å². The van der Waals surface area contributed by atoms with E-state index in [1.807, 2.05) is 13.8 Å². The van der Waals surface area contributed by atoms with Crippen LogP contribution in [0.1, 0.15) is 37.8 Å². The number of rotatable bonds is 12. The first-order valence-corrected chi connectivity index (χ1v) is 15.8. The molecule has 0 fully saturated rings. The van der Waals surface area contributed by atoms with Crippen LogP contribution < -0.4 is 9.62 Å². The monoisotopic (exact) mass is 667 g/mol. The van der Waals surface area contributed by atoms with Gasteiger partial charge in [-0.2, -0.15) is 0 Å². The lowest BCUT2D eigenvalue weighted by Gasteiger charge is -2.33. The Bertz CT molecular complexity index is 1410. The fourth-order valence-corrected chi connectivity index (χ4v) is 6.31. The summed E-state index contributed by atoms with van der Waals surface area (Å²) in [5.41, 5.74) is 1.67. The minimum absolute atomic E-state index is 0.0437. The number of carbonyl (C=O) groups excluding carboxylic acids is 2. The summed E-state index contributed by atoms with van der Waals surface area (Å²) in [6, 6.07) is 17.2. The van der Waals surface area contributed by atoms with Gasteiger partial charge in [-0.05, 0) is 68.3 Å². The molecule has 3 aromatic rings. The number of amides is 2. The molecule has 0 aliphatic heterocycles. The van der Waals surface area contributed by atoms with Gasteiger partial charge >= 0.3 is 0 Å².